The molecule has 0 radical (unpaired) electrons. The fraction of sp³-hybridized carbons (Fsp3) is 0.474. The fourth-order valence-electron chi connectivity index (χ4n) is 2.90. The summed E-state index contributed by atoms with van der Waals surface area (Å²) in [6, 6.07) is 6.92. The zero-order chi connectivity index (χ0) is 17.8. The minimum atomic E-state index is -0.510. The lowest BCUT2D eigenvalue weighted by Gasteiger charge is -2.26. The number of amides is 1. The summed E-state index contributed by atoms with van der Waals surface area (Å²) in [7, 11) is 0. The molecule has 0 spiro atoms. The monoisotopic (exact) mass is 343 g/mol. The number of nitrogens with one attached hydrogen (secondary N) is 1. The minimum absolute atomic E-state index is 0.155. The molecule has 6 heteroatoms. The van der Waals surface area contributed by atoms with E-state index in [1.165, 1.54) is 0 Å². The third-order valence-corrected chi connectivity index (χ3v) is 4.57. The first-order valence-corrected chi connectivity index (χ1v) is 8.75. The Morgan fingerprint density at radius 3 is 2.52 bits per heavy atom. The van der Waals surface area contributed by atoms with Crippen LogP contribution in [-0.2, 0) is 9.53 Å². The van der Waals surface area contributed by atoms with Crippen molar-refractivity contribution >= 4 is 11.6 Å². The standard InChI is InChI=1S/C19H25N3O3/c1-12(2)16-11-21-19(25-16)14-3-5-15(6-4-14)22-18(23)17(20)13-7-9-24-10-8-13/h3-6,11-13,17H,7-10,20H2,1-2H3,(H,22,23). The Morgan fingerprint density at radius 2 is 1.92 bits per heavy atom. The van der Waals surface area contributed by atoms with E-state index in [0.29, 0.717) is 30.7 Å². The highest BCUT2D eigenvalue weighted by molar-refractivity contribution is 5.95. The first-order chi connectivity index (χ1) is 12.0. The molecule has 1 aromatic carbocycles. The number of aromatic nitrogens is 1. The van der Waals surface area contributed by atoms with E-state index in [2.05, 4.69) is 24.1 Å². The molecule has 1 amide bonds. The van der Waals surface area contributed by atoms with Gasteiger partial charge in [0.05, 0.1) is 12.2 Å². The second-order valence-corrected chi connectivity index (χ2v) is 6.76. The number of nitrogens with two attached hydrogens (primary N) is 1. The van der Waals surface area contributed by atoms with Gasteiger partial charge in [-0.1, -0.05) is 13.8 Å². The van der Waals surface area contributed by atoms with Gasteiger partial charge < -0.3 is 20.2 Å². The van der Waals surface area contributed by atoms with Crippen molar-refractivity contribution in [3.05, 3.63) is 36.2 Å². The summed E-state index contributed by atoms with van der Waals surface area (Å²) >= 11 is 0. The van der Waals surface area contributed by atoms with Crippen LogP contribution in [0.2, 0.25) is 0 Å². The van der Waals surface area contributed by atoms with E-state index in [-0.39, 0.29) is 11.8 Å². The lowest BCUT2D eigenvalue weighted by Crippen LogP contribution is -2.43. The van der Waals surface area contributed by atoms with Gasteiger partial charge in [-0.05, 0) is 43.0 Å². The van der Waals surface area contributed by atoms with Crippen LogP contribution in [0.1, 0.15) is 38.4 Å². The smallest absolute Gasteiger partial charge is 0.241 e. The molecule has 3 N–H and O–H groups in total. The Hall–Kier alpha value is -2.18. The predicted molar refractivity (Wildman–Crippen MR) is 96.2 cm³/mol. The fourth-order valence-corrected chi connectivity index (χ4v) is 2.90. The molecule has 6 nitrogen and oxygen atoms in total. The highest BCUT2D eigenvalue weighted by Gasteiger charge is 2.26. The Labute approximate surface area is 147 Å². The van der Waals surface area contributed by atoms with Gasteiger partial charge >= 0.3 is 0 Å². The van der Waals surface area contributed by atoms with Crippen molar-refractivity contribution in [1.29, 1.82) is 0 Å². The van der Waals surface area contributed by atoms with E-state index in [9.17, 15) is 4.79 Å². The summed E-state index contributed by atoms with van der Waals surface area (Å²) in [6.45, 7) is 5.47. The topological polar surface area (TPSA) is 90.4 Å². The van der Waals surface area contributed by atoms with E-state index in [1.807, 2.05) is 24.3 Å². The second-order valence-electron chi connectivity index (χ2n) is 6.76. The van der Waals surface area contributed by atoms with Gasteiger partial charge in [0.15, 0.2) is 0 Å². The van der Waals surface area contributed by atoms with Gasteiger partial charge in [0.1, 0.15) is 5.76 Å². The van der Waals surface area contributed by atoms with Gasteiger partial charge in [-0.3, -0.25) is 4.79 Å². The van der Waals surface area contributed by atoms with Crippen LogP contribution in [0.3, 0.4) is 0 Å². The zero-order valence-electron chi connectivity index (χ0n) is 14.7. The first kappa shape index (κ1) is 17.6. The van der Waals surface area contributed by atoms with E-state index < -0.39 is 6.04 Å². The molecule has 1 aromatic heterocycles. The zero-order valence-corrected chi connectivity index (χ0v) is 14.7. The number of hydrogen-bond acceptors (Lipinski definition) is 5. The van der Waals surface area contributed by atoms with Crippen LogP contribution in [0.25, 0.3) is 11.5 Å². The Morgan fingerprint density at radius 1 is 1.24 bits per heavy atom. The van der Waals surface area contributed by atoms with Gasteiger partial charge in [-0.15, -0.1) is 0 Å². The number of rotatable bonds is 5. The summed E-state index contributed by atoms with van der Waals surface area (Å²) in [5, 5.41) is 2.89. The average Bonchev–Trinajstić information content (AvgIpc) is 3.13. The number of carbonyl (C=O) groups is 1. The van der Waals surface area contributed by atoms with Crippen LogP contribution < -0.4 is 11.1 Å². The highest BCUT2D eigenvalue weighted by Crippen LogP contribution is 2.25. The van der Waals surface area contributed by atoms with Crippen LogP contribution in [0, 0.1) is 5.92 Å². The molecular weight excluding hydrogens is 318 g/mol. The van der Waals surface area contributed by atoms with Crippen molar-refractivity contribution < 1.29 is 13.9 Å². The average molecular weight is 343 g/mol. The molecule has 134 valence electrons. The van der Waals surface area contributed by atoms with Crippen molar-refractivity contribution in [2.45, 2.75) is 38.6 Å². The summed E-state index contributed by atoms with van der Waals surface area (Å²) in [5.41, 5.74) is 7.69. The third-order valence-electron chi connectivity index (χ3n) is 4.57. The number of anilines is 1. The van der Waals surface area contributed by atoms with Gasteiger partial charge in [0.2, 0.25) is 11.8 Å². The molecule has 0 saturated carbocycles. The van der Waals surface area contributed by atoms with Gasteiger partial charge in [-0.2, -0.15) is 0 Å². The number of ether oxygens (including phenoxy) is 1. The second kappa shape index (κ2) is 7.80. The van der Waals surface area contributed by atoms with Gasteiger partial charge in [-0.25, -0.2) is 4.98 Å². The summed E-state index contributed by atoms with van der Waals surface area (Å²) < 4.78 is 11.1. The van der Waals surface area contributed by atoms with Crippen molar-refractivity contribution in [1.82, 2.24) is 4.98 Å². The van der Waals surface area contributed by atoms with Gasteiger partial charge in [0.25, 0.3) is 0 Å². The molecule has 25 heavy (non-hydrogen) atoms. The largest absolute Gasteiger partial charge is 0.441 e. The van der Waals surface area contributed by atoms with Crippen molar-refractivity contribution in [2.75, 3.05) is 18.5 Å². The summed E-state index contributed by atoms with van der Waals surface area (Å²) in [5.74, 6) is 1.76. The molecule has 1 aliphatic heterocycles. The minimum Gasteiger partial charge on any atom is -0.441 e. The van der Waals surface area contributed by atoms with Crippen molar-refractivity contribution in [3.8, 4) is 11.5 Å². The molecule has 2 aromatic rings. The molecule has 1 saturated heterocycles. The van der Waals surface area contributed by atoms with Crippen molar-refractivity contribution in [2.24, 2.45) is 11.7 Å². The van der Waals surface area contributed by atoms with E-state index in [4.69, 9.17) is 14.9 Å². The molecule has 3 rings (SSSR count). The lowest BCUT2D eigenvalue weighted by molar-refractivity contribution is -0.119. The van der Waals surface area contributed by atoms with E-state index >= 15 is 0 Å². The number of carbonyl (C=O) groups excluding carboxylic acids is 1. The van der Waals surface area contributed by atoms with Crippen LogP contribution in [0.4, 0.5) is 5.69 Å². The van der Waals surface area contributed by atoms with E-state index in [1.54, 1.807) is 6.20 Å². The number of nitrogens with zero attached hydrogens (tertiary/aromatic N) is 1. The van der Waals surface area contributed by atoms with E-state index in [0.717, 1.165) is 24.2 Å². The Bertz CT molecular complexity index is 703. The third kappa shape index (κ3) is 4.27. The Kier molecular flexibility index (Phi) is 5.50. The maximum absolute atomic E-state index is 12.3. The normalized spacial score (nSPS) is 16.8. The van der Waals surface area contributed by atoms with Crippen LogP contribution >= 0.6 is 0 Å². The Balaban J connectivity index is 1.62. The number of benzene rings is 1. The highest BCUT2D eigenvalue weighted by atomic mass is 16.5. The molecule has 0 aliphatic carbocycles. The molecule has 1 unspecified atom stereocenters. The maximum Gasteiger partial charge on any atom is 0.241 e. The molecule has 0 bridgehead atoms. The lowest BCUT2D eigenvalue weighted by atomic mass is 9.92. The molecule has 1 atom stereocenters. The predicted octanol–water partition coefficient (Wildman–Crippen LogP) is 3.16. The van der Waals surface area contributed by atoms with Crippen LogP contribution in [0.15, 0.2) is 34.9 Å². The van der Waals surface area contributed by atoms with Crippen LogP contribution in [-0.4, -0.2) is 30.1 Å². The van der Waals surface area contributed by atoms with Crippen molar-refractivity contribution in [3.63, 3.8) is 0 Å². The summed E-state index contributed by atoms with van der Waals surface area (Å²) in [4.78, 5) is 16.6. The quantitative estimate of drug-likeness (QED) is 0.870. The molecule has 1 fully saturated rings. The number of oxazole rings is 1. The molecule has 2 heterocycles. The maximum atomic E-state index is 12.3. The molecule has 1 aliphatic rings. The molecular formula is C19H25N3O3. The van der Waals surface area contributed by atoms with Crippen LogP contribution in [0.5, 0.6) is 0 Å². The number of hydrogen-bond donors (Lipinski definition) is 2. The SMILES string of the molecule is CC(C)c1cnc(-c2ccc(NC(=O)C(N)C3CCOCC3)cc2)o1. The summed E-state index contributed by atoms with van der Waals surface area (Å²) in [6.07, 6.45) is 3.41. The van der Waals surface area contributed by atoms with Gasteiger partial charge in [0, 0.05) is 30.4 Å². The first-order valence-electron chi connectivity index (χ1n) is 8.75.